The Bertz CT molecular complexity index is 226. The molecule has 1 aliphatic carbocycles. The van der Waals surface area contributed by atoms with Crippen LogP contribution in [-0.4, -0.2) is 0 Å². The van der Waals surface area contributed by atoms with Crippen molar-refractivity contribution in [1.82, 2.24) is 0 Å². The van der Waals surface area contributed by atoms with Gasteiger partial charge in [-0.25, -0.2) is 0 Å². The van der Waals surface area contributed by atoms with Crippen molar-refractivity contribution >= 4 is 0 Å². The van der Waals surface area contributed by atoms with Gasteiger partial charge in [-0.15, -0.1) is 0 Å². The third kappa shape index (κ3) is 3.75. The van der Waals surface area contributed by atoms with E-state index in [-0.39, 0.29) is 0 Å². The molecule has 0 aliphatic heterocycles. The maximum Gasteiger partial charge on any atom is -0.0324 e. The molecule has 0 aromatic heterocycles. The van der Waals surface area contributed by atoms with Gasteiger partial charge in [-0.3, -0.25) is 0 Å². The Morgan fingerprint density at radius 1 is 1.00 bits per heavy atom. The van der Waals surface area contributed by atoms with Gasteiger partial charge in [-0.1, -0.05) is 67.7 Å². The third-order valence-electron chi connectivity index (χ3n) is 5.58. The fourth-order valence-corrected chi connectivity index (χ4v) is 4.37. The van der Waals surface area contributed by atoms with Crippen LogP contribution in [0, 0.1) is 41.4 Å². The van der Waals surface area contributed by atoms with E-state index in [0.29, 0.717) is 0 Å². The minimum Gasteiger partial charge on any atom is -0.0654 e. The van der Waals surface area contributed by atoms with Crippen molar-refractivity contribution in [3.05, 3.63) is 0 Å². The van der Waals surface area contributed by atoms with Crippen molar-refractivity contribution in [1.29, 1.82) is 0 Å². The zero-order chi connectivity index (χ0) is 13.9. The lowest BCUT2D eigenvalue weighted by Gasteiger charge is -2.39. The van der Waals surface area contributed by atoms with Gasteiger partial charge in [0.1, 0.15) is 0 Å². The predicted molar refractivity (Wildman–Crippen MR) is 82.6 cm³/mol. The van der Waals surface area contributed by atoms with E-state index >= 15 is 0 Å². The van der Waals surface area contributed by atoms with Crippen molar-refractivity contribution < 1.29 is 0 Å². The first-order valence-electron chi connectivity index (χ1n) is 8.43. The van der Waals surface area contributed by atoms with E-state index in [1.54, 1.807) is 0 Å². The standard InChI is InChI=1S/C18H36/c1-8-10-14(6)17(12(3)4)18(13(5)9-2)16-11-15(16)7/h12-18H,8-11H2,1-7H3. The summed E-state index contributed by atoms with van der Waals surface area (Å²) in [4.78, 5) is 0. The Morgan fingerprint density at radius 3 is 1.89 bits per heavy atom. The van der Waals surface area contributed by atoms with Gasteiger partial charge in [-0.05, 0) is 47.8 Å². The van der Waals surface area contributed by atoms with Crippen LogP contribution in [0.4, 0.5) is 0 Å². The summed E-state index contributed by atoms with van der Waals surface area (Å²) in [7, 11) is 0. The zero-order valence-electron chi connectivity index (χ0n) is 13.9. The first-order valence-corrected chi connectivity index (χ1v) is 8.43. The summed E-state index contributed by atoms with van der Waals surface area (Å²) in [5.41, 5.74) is 0. The molecular formula is C18H36. The summed E-state index contributed by atoms with van der Waals surface area (Å²) < 4.78 is 0. The Labute approximate surface area is 116 Å². The quantitative estimate of drug-likeness (QED) is 0.496. The van der Waals surface area contributed by atoms with E-state index < -0.39 is 0 Å². The molecule has 0 saturated heterocycles. The van der Waals surface area contributed by atoms with Crippen LogP contribution >= 0.6 is 0 Å². The highest BCUT2D eigenvalue weighted by Crippen LogP contribution is 2.53. The summed E-state index contributed by atoms with van der Waals surface area (Å²) in [5, 5.41) is 0. The highest BCUT2D eigenvalue weighted by Gasteiger charge is 2.46. The van der Waals surface area contributed by atoms with Crippen LogP contribution in [0.5, 0.6) is 0 Å². The molecule has 0 aromatic rings. The predicted octanol–water partition coefficient (Wildman–Crippen LogP) is 6.01. The average molecular weight is 252 g/mol. The van der Waals surface area contributed by atoms with Gasteiger partial charge in [0.2, 0.25) is 0 Å². The molecule has 6 unspecified atom stereocenters. The molecule has 0 amide bonds. The van der Waals surface area contributed by atoms with Gasteiger partial charge in [0.15, 0.2) is 0 Å². The van der Waals surface area contributed by atoms with Crippen LogP contribution in [0.2, 0.25) is 0 Å². The molecule has 0 radical (unpaired) electrons. The molecule has 1 aliphatic rings. The van der Waals surface area contributed by atoms with Gasteiger partial charge in [0.25, 0.3) is 0 Å². The van der Waals surface area contributed by atoms with Crippen molar-refractivity contribution in [2.24, 2.45) is 41.4 Å². The Hall–Kier alpha value is 0. The lowest BCUT2D eigenvalue weighted by molar-refractivity contribution is 0.0968. The van der Waals surface area contributed by atoms with Crippen molar-refractivity contribution in [3.8, 4) is 0 Å². The second-order valence-corrected chi connectivity index (χ2v) is 7.43. The first kappa shape index (κ1) is 16.1. The summed E-state index contributed by atoms with van der Waals surface area (Å²) in [6, 6.07) is 0. The van der Waals surface area contributed by atoms with Crippen LogP contribution in [0.1, 0.15) is 74.1 Å². The summed E-state index contributed by atoms with van der Waals surface area (Å²) in [6.45, 7) is 17.1. The number of rotatable bonds is 8. The zero-order valence-corrected chi connectivity index (χ0v) is 13.9. The molecule has 18 heavy (non-hydrogen) atoms. The van der Waals surface area contributed by atoms with Gasteiger partial charge in [-0.2, -0.15) is 0 Å². The van der Waals surface area contributed by atoms with Crippen molar-refractivity contribution in [3.63, 3.8) is 0 Å². The van der Waals surface area contributed by atoms with E-state index in [0.717, 1.165) is 41.4 Å². The average Bonchev–Trinajstić information content (AvgIpc) is 3.01. The van der Waals surface area contributed by atoms with Gasteiger partial charge >= 0.3 is 0 Å². The molecule has 6 atom stereocenters. The van der Waals surface area contributed by atoms with E-state index in [1.807, 2.05) is 0 Å². The van der Waals surface area contributed by atoms with Crippen LogP contribution in [0.15, 0.2) is 0 Å². The molecule has 0 heterocycles. The minimum absolute atomic E-state index is 0.846. The maximum absolute atomic E-state index is 2.51. The number of hydrogen-bond acceptors (Lipinski definition) is 0. The van der Waals surface area contributed by atoms with Gasteiger partial charge < -0.3 is 0 Å². The second kappa shape index (κ2) is 6.96. The SMILES string of the molecule is CCCC(C)C(C(C)C)C(C(C)CC)C1CC1C. The first-order chi connectivity index (χ1) is 8.43. The molecule has 0 nitrogen and oxygen atoms in total. The summed E-state index contributed by atoms with van der Waals surface area (Å²) in [6.07, 6.45) is 5.61. The van der Waals surface area contributed by atoms with Crippen LogP contribution in [-0.2, 0) is 0 Å². The lowest BCUT2D eigenvalue weighted by Crippen LogP contribution is -2.33. The molecule has 0 spiro atoms. The lowest BCUT2D eigenvalue weighted by atomic mass is 9.66. The van der Waals surface area contributed by atoms with E-state index in [1.165, 1.54) is 25.7 Å². The fraction of sp³-hybridized carbons (Fsp3) is 1.00. The van der Waals surface area contributed by atoms with E-state index in [9.17, 15) is 0 Å². The fourth-order valence-electron chi connectivity index (χ4n) is 4.37. The largest absolute Gasteiger partial charge is 0.0654 e. The third-order valence-corrected chi connectivity index (χ3v) is 5.58. The highest BCUT2D eigenvalue weighted by molar-refractivity contribution is 4.95. The molecular weight excluding hydrogens is 216 g/mol. The molecule has 1 saturated carbocycles. The minimum atomic E-state index is 0.846. The highest BCUT2D eigenvalue weighted by atomic mass is 14.5. The normalized spacial score (nSPS) is 30.0. The van der Waals surface area contributed by atoms with Crippen LogP contribution in [0.25, 0.3) is 0 Å². The maximum atomic E-state index is 2.51. The molecule has 0 heteroatoms. The molecule has 0 N–H and O–H groups in total. The summed E-state index contributed by atoms with van der Waals surface area (Å²) in [5.74, 6) is 6.61. The topological polar surface area (TPSA) is 0 Å². The van der Waals surface area contributed by atoms with Crippen LogP contribution in [0.3, 0.4) is 0 Å². The van der Waals surface area contributed by atoms with Crippen LogP contribution < -0.4 is 0 Å². The molecule has 0 bridgehead atoms. The Morgan fingerprint density at radius 2 is 1.56 bits per heavy atom. The Kier molecular flexibility index (Phi) is 6.21. The second-order valence-electron chi connectivity index (χ2n) is 7.43. The number of hydrogen-bond donors (Lipinski definition) is 0. The van der Waals surface area contributed by atoms with E-state index in [4.69, 9.17) is 0 Å². The van der Waals surface area contributed by atoms with E-state index in [2.05, 4.69) is 48.5 Å². The smallest absolute Gasteiger partial charge is 0.0324 e. The van der Waals surface area contributed by atoms with Gasteiger partial charge in [0, 0.05) is 0 Å². The Balaban J connectivity index is 2.83. The summed E-state index contributed by atoms with van der Waals surface area (Å²) >= 11 is 0. The molecule has 1 rings (SSSR count). The van der Waals surface area contributed by atoms with Gasteiger partial charge in [0.05, 0.1) is 0 Å². The molecule has 0 aromatic carbocycles. The van der Waals surface area contributed by atoms with Crippen molar-refractivity contribution in [2.45, 2.75) is 74.1 Å². The van der Waals surface area contributed by atoms with Crippen molar-refractivity contribution in [2.75, 3.05) is 0 Å². The molecule has 1 fully saturated rings. The monoisotopic (exact) mass is 252 g/mol. The molecule has 108 valence electrons.